The molecule has 1 atom stereocenters. The largest absolute Gasteiger partial charge is 0.309 e. The SMILES string of the molecule is CCCCc1cc(CCCC)cc(-n2c3ccccc3c3c(-c4ccc(C(c5ccc(-c6ccccc6)cc5)c5cccc6c5-c5ccccc5C6(C)C)cc4)cccc32)c1. The predicted octanol–water partition coefficient (Wildman–Crippen LogP) is 16.3. The Balaban J connectivity index is 1.11. The van der Waals surface area contributed by atoms with Crippen molar-refractivity contribution in [2.45, 2.75) is 77.6 Å². The van der Waals surface area contributed by atoms with E-state index in [-0.39, 0.29) is 11.3 Å². The number of fused-ring (bicyclic) bond motifs is 6. The molecule has 8 aromatic carbocycles. The quantitative estimate of drug-likeness (QED) is 0.109. The zero-order chi connectivity index (χ0) is 41.5. The lowest BCUT2D eigenvalue weighted by atomic mass is 9.78. The number of para-hydroxylation sites is 1. The summed E-state index contributed by atoms with van der Waals surface area (Å²) in [7, 11) is 0. The first kappa shape index (κ1) is 38.7. The highest BCUT2D eigenvalue weighted by molar-refractivity contribution is 6.15. The molecule has 0 aliphatic heterocycles. The summed E-state index contributed by atoms with van der Waals surface area (Å²) in [6, 6.07) is 68.9. The molecule has 0 saturated heterocycles. The molecule has 0 radical (unpaired) electrons. The van der Waals surface area contributed by atoms with E-state index in [1.807, 2.05) is 0 Å². The van der Waals surface area contributed by atoms with Gasteiger partial charge in [-0.25, -0.2) is 0 Å². The molecule has 0 N–H and O–H groups in total. The van der Waals surface area contributed by atoms with E-state index in [0.29, 0.717) is 0 Å². The first-order valence-electron chi connectivity index (χ1n) is 22.6. The number of hydrogen-bond donors (Lipinski definition) is 0. The smallest absolute Gasteiger partial charge is 0.0547 e. The Hall–Kier alpha value is -6.44. The molecular weight excluding hydrogens is 735 g/mol. The van der Waals surface area contributed by atoms with Gasteiger partial charge in [-0.2, -0.15) is 0 Å². The van der Waals surface area contributed by atoms with Gasteiger partial charge in [-0.05, 0) is 122 Å². The summed E-state index contributed by atoms with van der Waals surface area (Å²) in [5.74, 6) is 0.0513. The summed E-state index contributed by atoms with van der Waals surface area (Å²) in [4.78, 5) is 0. The molecule has 0 spiro atoms. The van der Waals surface area contributed by atoms with Gasteiger partial charge < -0.3 is 4.57 Å². The third-order valence-electron chi connectivity index (χ3n) is 13.5. The average molecular weight is 790 g/mol. The highest BCUT2D eigenvalue weighted by atomic mass is 15.0. The number of rotatable bonds is 12. The maximum atomic E-state index is 2.53. The van der Waals surface area contributed by atoms with Crippen LogP contribution in [0.2, 0.25) is 0 Å². The van der Waals surface area contributed by atoms with E-state index in [1.54, 1.807) is 0 Å². The second-order valence-electron chi connectivity index (χ2n) is 17.8. The van der Waals surface area contributed by atoms with Crippen molar-refractivity contribution in [1.29, 1.82) is 0 Å². The van der Waals surface area contributed by atoms with Crippen LogP contribution in [0, 0.1) is 0 Å². The van der Waals surface area contributed by atoms with Gasteiger partial charge in [-0.1, -0.05) is 198 Å². The van der Waals surface area contributed by atoms with Crippen LogP contribution in [0.1, 0.15) is 98.2 Å². The van der Waals surface area contributed by atoms with Crippen molar-refractivity contribution in [3.8, 4) is 39.1 Å². The maximum absolute atomic E-state index is 2.53. The van der Waals surface area contributed by atoms with Crippen molar-refractivity contribution in [3.05, 3.63) is 221 Å². The summed E-state index contributed by atoms with van der Waals surface area (Å²) in [6.45, 7) is 9.34. The lowest BCUT2D eigenvalue weighted by Crippen LogP contribution is -2.15. The fourth-order valence-electron chi connectivity index (χ4n) is 10.4. The third-order valence-corrected chi connectivity index (χ3v) is 13.5. The predicted molar refractivity (Wildman–Crippen MR) is 260 cm³/mol. The summed E-state index contributed by atoms with van der Waals surface area (Å²) < 4.78 is 2.53. The highest BCUT2D eigenvalue weighted by Gasteiger charge is 2.38. The van der Waals surface area contributed by atoms with Gasteiger partial charge in [0.25, 0.3) is 0 Å². The normalized spacial score (nSPS) is 13.4. The Labute approximate surface area is 362 Å². The number of aryl methyl sites for hydroxylation is 2. The minimum atomic E-state index is -0.0702. The lowest BCUT2D eigenvalue weighted by Gasteiger charge is -2.25. The minimum Gasteiger partial charge on any atom is -0.309 e. The second kappa shape index (κ2) is 16.2. The number of unbranched alkanes of at least 4 members (excludes halogenated alkanes) is 2. The Morgan fingerprint density at radius 1 is 0.475 bits per heavy atom. The number of nitrogens with zero attached hydrogens (tertiary/aromatic N) is 1. The third kappa shape index (κ3) is 6.91. The van der Waals surface area contributed by atoms with Crippen LogP contribution in [0.4, 0.5) is 0 Å². The Morgan fingerprint density at radius 3 is 1.74 bits per heavy atom. The Bertz CT molecular complexity index is 2970. The van der Waals surface area contributed by atoms with Crippen LogP contribution in [0.5, 0.6) is 0 Å². The average Bonchev–Trinajstić information content (AvgIpc) is 3.77. The molecule has 300 valence electrons. The van der Waals surface area contributed by atoms with Crippen molar-refractivity contribution in [2.75, 3.05) is 0 Å². The van der Waals surface area contributed by atoms with Gasteiger partial charge in [0.05, 0.1) is 11.0 Å². The van der Waals surface area contributed by atoms with Crippen molar-refractivity contribution in [3.63, 3.8) is 0 Å². The number of aromatic nitrogens is 1. The number of hydrogen-bond acceptors (Lipinski definition) is 0. The summed E-state index contributed by atoms with van der Waals surface area (Å²) >= 11 is 0. The van der Waals surface area contributed by atoms with Gasteiger partial charge in [0, 0.05) is 27.8 Å². The first-order valence-corrected chi connectivity index (χ1v) is 22.6. The summed E-state index contributed by atoms with van der Waals surface area (Å²) in [6.07, 6.45) is 7.06. The van der Waals surface area contributed by atoms with Crippen LogP contribution in [0.15, 0.2) is 182 Å². The molecule has 1 aromatic heterocycles. The van der Waals surface area contributed by atoms with E-state index in [0.717, 1.165) is 12.8 Å². The van der Waals surface area contributed by atoms with E-state index in [1.165, 1.54) is 126 Å². The zero-order valence-electron chi connectivity index (χ0n) is 36.1. The van der Waals surface area contributed by atoms with E-state index < -0.39 is 0 Å². The molecule has 61 heavy (non-hydrogen) atoms. The molecule has 10 rings (SSSR count). The fraction of sp³-hybridized carbons (Fsp3) is 0.200. The molecular formula is C60H55N. The zero-order valence-corrected chi connectivity index (χ0v) is 36.1. The van der Waals surface area contributed by atoms with Gasteiger partial charge in [0.15, 0.2) is 0 Å². The summed E-state index contributed by atoms with van der Waals surface area (Å²) in [5.41, 5.74) is 21.1. The van der Waals surface area contributed by atoms with Crippen LogP contribution in [-0.2, 0) is 18.3 Å². The molecule has 0 fully saturated rings. The topological polar surface area (TPSA) is 4.93 Å². The molecule has 0 amide bonds. The van der Waals surface area contributed by atoms with Crippen LogP contribution in [0.25, 0.3) is 60.9 Å². The second-order valence-corrected chi connectivity index (χ2v) is 17.8. The van der Waals surface area contributed by atoms with Gasteiger partial charge in [-0.15, -0.1) is 0 Å². The molecule has 1 nitrogen and oxygen atoms in total. The van der Waals surface area contributed by atoms with Crippen LogP contribution in [0.3, 0.4) is 0 Å². The van der Waals surface area contributed by atoms with Gasteiger partial charge in [-0.3, -0.25) is 0 Å². The van der Waals surface area contributed by atoms with Crippen molar-refractivity contribution in [2.24, 2.45) is 0 Å². The minimum absolute atomic E-state index is 0.0513. The molecule has 1 unspecified atom stereocenters. The van der Waals surface area contributed by atoms with Gasteiger partial charge in [0.1, 0.15) is 0 Å². The Kier molecular flexibility index (Phi) is 10.3. The molecule has 0 bridgehead atoms. The monoisotopic (exact) mass is 789 g/mol. The molecule has 1 heterocycles. The van der Waals surface area contributed by atoms with Crippen LogP contribution >= 0.6 is 0 Å². The van der Waals surface area contributed by atoms with Crippen molar-refractivity contribution in [1.82, 2.24) is 4.57 Å². The molecule has 9 aromatic rings. The molecule has 0 saturated carbocycles. The van der Waals surface area contributed by atoms with Crippen molar-refractivity contribution >= 4 is 21.8 Å². The van der Waals surface area contributed by atoms with Crippen molar-refractivity contribution < 1.29 is 0 Å². The standard InChI is InChI=1S/C60H55N/c1-5-7-18-41-38-42(19-8-6-2)40-48(39-41)61-55-28-15-13-23-51(55)59-49(24-17-29-56(59)61)45-32-36-47(37-33-45)57(46-34-30-44(31-35-46)43-20-10-9-11-21-43)52-25-16-27-54-58(52)50-22-12-14-26-53(50)60(54,3)4/h9-17,20-40,57H,5-8,18-19H2,1-4H3. The van der Waals surface area contributed by atoms with Gasteiger partial charge >= 0.3 is 0 Å². The first-order chi connectivity index (χ1) is 29.9. The highest BCUT2D eigenvalue weighted by Crippen LogP contribution is 2.53. The van der Waals surface area contributed by atoms with E-state index in [4.69, 9.17) is 0 Å². The van der Waals surface area contributed by atoms with E-state index >= 15 is 0 Å². The number of benzene rings is 8. The van der Waals surface area contributed by atoms with Gasteiger partial charge in [0.2, 0.25) is 0 Å². The van der Waals surface area contributed by atoms with E-state index in [2.05, 4.69) is 214 Å². The molecule has 1 aliphatic rings. The maximum Gasteiger partial charge on any atom is 0.0547 e. The summed E-state index contributed by atoms with van der Waals surface area (Å²) in [5, 5.41) is 2.61. The van der Waals surface area contributed by atoms with Crippen LogP contribution in [-0.4, -0.2) is 4.57 Å². The molecule has 1 aliphatic carbocycles. The molecule has 1 heteroatoms. The van der Waals surface area contributed by atoms with E-state index in [9.17, 15) is 0 Å². The fourth-order valence-corrected chi connectivity index (χ4v) is 10.4. The van der Waals surface area contributed by atoms with Crippen LogP contribution < -0.4 is 0 Å². The Morgan fingerprint density at radius 2 is 1.03 bits per heavy atom. The lowest BCUT2D eigenvalue weighted by molar-refractivity contribution is 0.659.